The molecule has 0 aliphatic heterocycles. The number of hydrogen-bond donors (Lipinski definition) is 2. The maximum Gasteiger partial charge on any atom is 0.128 e. The zero-order valence-corrected chi connectivity index (χ0v) is 12.6. The maximum absolute atomic E-state index is 13.4. The molecule has 0 fully saturated rings. The monoisotopic (exact) mass is 287 g/mol. The summed E-state index contributed by atoms with van der Waals surface area (Å²) in [6, 6.07) is 8.79. The first-order valence-corrected chi connectivity index (χ1v) is 7.30. The lowest BCUT2D eigenvalue weighted by molar-refractivity contribution is 0.527. The van der Waals surface area contributed by atoms with Gasteiger partial charge >= 0.3 is 0 Å². The van der Waals surface area contributed by atoms with Crippen LogP contribution < -0.4 is 11.1 Å². The molecule has 0 aliphatic carbocycles. The van der Waals surface area contributed by atoms with E-state index >= 15 is 0 Å². The molecule has 112 valence electrons. The predicted molar refractivity (Wildman–Crippen MR) is 84.5 cm³/mol. The molecule has 0 amide bonds. The van der Waals surface area contributed by atoms with E-state index in [0.29, 0.717) is 12.2 Å². The summed E-state index contributed by atoms with van der Waals surface area (Å²) in [7, 11) is 0. The molecule has 1 unspecified atom stereocenters. The Hall–Kier alpha value is -1.94. The summed E-state index contributed by atoms with van der Waals surface area (Å²) in [6.45, 7) is 4.99. The molecule has 0 aliphatic rings. The molecule has 1 heterocycles. The lowest BCUT2D eigenvalue weighted by Gasteiger charge is -2.21. The highest BCUT2D eigenvalue weighted by Gasteiger charge is 2.15. The van der Waals surface area contributed by atoms with Crippen molar-refractivity contribution in [3.05, 3.63) is 59.0 Å². The molecule has 0 bridgehead atoms. The Bertz CT molecular complexity index is 598. The molecule has 0 spiro atoms. The second kappa shape index (κ2) is 7.18. The Morgan fingerprint density at radius 3 is 2.86 bits per heavy atom. The van der Waals surface area contributed by atoms with Crippen molar-refractivity contribution < 1.29 is 4.39 Å². The number of nitrogens with zero attached hydrogens (tertiary/aromatic N) is 1. The Kier molecular flexibility index (Phi) is 5.28. The van der Waals surface area contributed by atoms with Crippen LogP contribution in [0.3, 0.4) is 0 Å². The van der Waals surface area contributed by atoms with E-state index in [1.807, 2.05) is 13.0 Å². The van der Waals surface area contributed by atoms with E-state index < -0.39 is 0 Å². The largest absolute Gasteiger partial charge is 0.383 e. The second-order valence-electron chi connectivity index (χ2n) is 5.33. The topological polar surface area (TPSA) is 50.9 Å². The van der Waals surface area contributed by atoms with Crippen LogP contribution in [0.2, 0.25) is 0 Å². The zero-order valence-electron chi connectivity index (χ0n) is 12.6. The molecule has 1 atom stereocenters. The van der Waals surface area contributed by atoms with Crippen LogP contribution in [0.5, 0.6) is 0 Å². The minimum absolute atomic E-state index is 0.0409. The van der Waals surface area contributed by atoms with Crippen LogP contribution in [0.1, 0.15) is 36.1 Å². The standard InChI is InChI=1S/C17H22FN3/c1-3-7-20-16(10-13-5-4-6-14(18)9-13)15-8-12(2)11-21-17(15)19/h4-6,8-9,11,16,20H,3,7,10H2,1-2H3,(H2,19,21). The van der Waals surface area contributed by atoms with Crippen molar-refractivity contribution in [2.45, 2.75) is 32.7 Å². The van der Waals surface area contributed by atoms with Gasteiger partial charge in [0.2, 0.25) is 0 Å². The number of nitrogens with one attached hydrogen (secondary N) is 1. The van der Waals surface area contributed by atoms with E-state index in [9.17, 15) is 4.39 Å². The number of aryl methyl sites for hydroxylation is 1. The molecular weight excluding hydrogens is 265 g/mol. The normalized spacial score (nSPS) is 12.3. The number of pyridine rings is 1. The fraction of sp³-hybridized carbons (Fsp3) is 0.353. The molecule has 3 nitrogen and oxygen atoms in total. The van der Waals surface area contributed by atoms with Crippen molar-refractivity contribution in [2.24, 2.45) is 0 Å². The summed E-state index contributed by atoms with van der Waals surface area (Å²) in [6.07, 6.45) is 3.48. The predicted octanol–water partition coefficient (Wildman–Crippen LogP) is 3.39. The van der Waals surface area contributed by atoms with E-state index in [1.165, 1.54) is 6.07 Å². The van der Waals surface area contributed by atoms with Gasteiger partial charge < -0.3 is 11.1 Å². The average molecular weight is 287 g/mol. The first-order chi connectivity index (χ1) is 10.1. The first-order valence-electron chi connectivity index (χ1n) is 7.30. The Morgan fingerprint density at radius 1 is 1.33 bits per heavy atom. The third-order valence-corrected chi connectivity index (χ3v) is 3.43. The lowest BCUT2D eigenvalue weighted by Crippen LogP contribution is -2.25. The molecule has 3 N–H and O–H groups in total. The molecule has 0 saturated heterocycles. The van der Waals surface area contributed by atoms with Gasteiger partial charge in [0, 0.05) is 17.8 Å². The number of nitrogens with two attached hydrogens (primary N) is 1. The smallest absolute Gasteiger partial charge is 0.128 e. The minimum Gasteiger partial charge on any atom is -0.383 e. The molecular formula is C17H22FN3. The Balaban J connectivity index is 2.27. The van der Waals surface area contributed by atoms with E-state index in [0.717, 1.165) is 29.7 Å². The van der Waals surface area contributed by atoms with Gasteiger partial charge in [-0.05, 0) is 55.6 Å². The maximum atomic E-state index is 13.4. The van der Waals surface area contributed by atoms with E-state index in [1.54, 1.807) is 18.3 Å². The fourth-order valence-corrected chi connectivity index (χ4v) is 2.39. The van der Waals surface area contributed by atoms with Crippen molar-refractivity contribution in [2.75, 3.05) is 12.3 Å². The van der Waals surface area contributed by atoms with Crippen LogP contribution in [-0.2, 0) is 6.42 Å². The highest BCUT2D eigenvalue weighted by molar-refractivity contribution is 5.43. The van der Waals surface area contributed by atoms with Crippen LogP contribution >= 0.6 is 0 Å². The molecule has 21 heavy (non-hydrogen) atoms. The number of benzene rings is 1. The summed E-state index contributed by atoms with van der Waals surface area (Å²) in [5, 5.41) is 3.48. The SMILES string of the molecule is CCCNC(Cc1cccc(F)c1)c1cc(C)cnc1N. The summed E-state index contributed by atoms with van der Waals surface area (Å²) in [5.41, 5.74) is 9.02. The third kappa shape index (κ3) is 4.26. The number of halogens is 1. The van der Waals surface area contributed by atoms with Crippen LogP contribution in [-0.4, -0.2) is 11.5 Å². The fourth-order valence-electron chi connectivity index (χ4n) is 2.39. The highest BCUT2D eigenvalue weighted by Crippen LogP contribution is 2.24. The van der Waals surface area contributed by atoms with E-state index in [-0.39, 0.29) is 11.9 Å². The third-order valence-electron chi connectivity index (χ3n) is 3.43. The van der Waals surface area contributed by atoms with Crippen molar-refractivity contribution in [3.8, 4) is 0 Å². The van der Waals surface area contributed by atoms with Crippen LogP contribution in [0.4, 0.5) is 10.2 Å². The van der Waals surface area contributed by atoms with Crippen molar-refractivity contribution >= 4 is 5.82 Å². The zero-order chi connectivity index (χ0) is 15.2. The van der Waals surface area contributed by atoms with Gasteiger partial charge in [-0.3, -0.25) is 0 Å². The molecule has 2 aromatic rings. The minimum atomic E-state index is -0.211. The number of anilines is 1. The Morgan fingerprint density at radius 2 is 2.14 bits per heavy atom. The van der Waals surface area contributed by atoms with Crippen molar-refractivity contribution in [1.29, 1.82) is 0 Å². The van der Waals surface area contributed by atoms with Crippen molar-refractivity contribution in [3.63, 3.8) is 0 Å². The van der Waals surface area contributed by atoms with Gasteiger partial charge in [-0.25, -0.2) is 9.37 Å². The van der Waals surface area contributed by atoms with Gasteiger partial charge in [0.15, 0.2) is 0 Å². The number of aromatic nitrogens is 1. The van der Waals surface area contributed by atoms with Gasteiger partial charge in [-0.15, -0.1) is 0 Å². The summed E-state index contributed by atoms with van der Waals surface area (Å²) in [5.74, 6) is 0.322. The molecule has 1 aromatic heterocycles. The highest BCUT2D eigenvalue weighted by atomic mass is 19.1. The summed E-state index contributed by atoms with van der Waals surface area (Å²) in [4.78, 5) is 4.23. The summed E-state index contributed by atoms with van der Waals surface area (Å²) >= 11 is 0. The average Bonchev–Trinajstić information content (AvgIpc) is 2.46. The molecule has 2 rings (SSSR count). The number of hydrogen-bond acceptors (Lipinski definition) is 3. The second-order valence-corrected chi connectivity index (χ2v) is 5.33. The van der Waals surface area contributed by atoms with Gasteiger partial charge in [0.1, 0.15) is 11.6 Å². The lowest BCUT2D eigenvalue weighted by atomic mass is 9.98. The van der Waals surface area contributed by atoms with Crippen molar-refractivity contribution in [1.82, 2.24) is 10.3 Å². The van der Waals surface area contributed by atoms with Gasteiger partial charge in [-0.1, -0.05) is 19.1 Å². The van der Waals surface area contributed by atoms with Gasteiger partial charge in [0.05, 0.1) is 0 Å². The Labute approximate surface area is 125 Å². The summed E-state index contributed by atoms with van der Waals surface area (Å²) < 4.78 is 13.4. The molecule has 1 aromatic carbocycles. The number of nitrogen functional groups attached to an aromatic ring is 1. The van der Waals surface area contributed by atoms with Gasteiger partial charge in [-0.2, -0.15) is 0 Å². The molecule has 0 radical (unpaired) electrons. The van der Waals surface area contributed by atoms with Gasteiger partial charge in [0.25, 0.3) is 0 Å². The first kappa shape index (κ1) is 15.4. The molecule has 0 saturated carbocycles. The number of rotatable bonds is 6. The van der Waals surface area contributed by atoms with E-state index in [2.05, 4.69) is 23.3 Å². The quantitative estimate of drug-likeness (QED) is 0.856. The van der Waals surface area contributed by atoms with Crippen LogP contribution in [0.25, 0.3) is 0 Å². The van der Waals surface area contributed by atoms with E-state index in [4.69, 9.17) is 5.73 Å². The molecule has 4 heteroatoms. The van der Waals surface area contributed by atoms with Crippen LogP contribution in [0.15, 0.2) is 36.5 Å². The van der Waals surface area contributed by atoms with Crippen LogP contribution in [0, 0.1) is 12.7 Å².